The van der Waals surface area contributed by atoms with Gasteiger partial charge in [0.2, 0.25) is 0 Å². The molecular formula is C102H132BrCl. The van der Waals surface area contributed by atoms with E-state index in [0.717, 1.165) is 5.02 Å². The molecule has 0 N–H and O–H groups in total. The fourth-order valence-corrected chi connectivity index (χ4v) is 21.0. The minimum atomic E-state index is -0.158. The molecule has 0 atom stereocenters. The van der Waals surface area contributed by atoms with Crippen LogP contribution in [0.4, 0.5) is 0 Å². The largest absolute Gasteiger partial charge is 0.0843 e. The second kappa shape index (κ2) is 37.1. The Bertz CT molecular complexity index is 4050. The summed E-state index contributed by atoms with van der Waals surface area (Å²) in [5, 5.41) is 0.895. The average molecular weight is 1470 g/mol. The molecular weight excluding hydrogens is 1340 g/mol. The molecule has 0 saturated carbocycles. The zero-order valence-electron chi connectivity index (χ0n) is 66.3. The van der Waals surface area contributed by atoms with Gasteiger partial charge in [-0.3, -0.25) is 0 Å². The Labute approximate surface area is 647 Å². The van der Waals surface area contributed by atoms with E-state index >= 15 is 0 Å². The molecule has 0 amide bonds. The number of unbranched alkanes of at least 4 members (excludes halogenated alkanes) is 30. The molecule has 2 heteroatoms. The Morgan fingerprint density at radius 3 is 0.769 bits per heavy atom. The highest BCUT2D eigenvalue weighted by molar-refractivity contribution is 9.10. The highest BCUT2D eigenvalue weighted by Crippen LogP contribution is 2.63. The van der Waals surface area contributed by atoms with Crippen molar-refractivity contribution in [2.24, 2.45) is 0 Å². The summed E-state index contributed by atoms with van der Waals surface area (Å²) in [7, 11) is 0. The van der Waals surface area contributed by atoms with Crippen LogP contribution in [0.2, 0.25) is 5.02 Å². The Balaban J connectivity index is 0.864. The van der Waals surface area contributed by atoms with Gasteiger partial charge in [0.15, 0.2) is 0 Å². The van der Waals surface area contributed by atoms with Crippen molar-refractivity contribution in [3.8, 4) is 77.9 Å². The van der Waals surface area contributed by atoms with Gasteiger partial charge in [-0.2, -0.15) is 0 Å². The molecule has 0 nitrogen and oxygen atoms in total. The summed E-state index contributed by atoms with van der Waals surface area (Å²) in [6.07, 6.45) is 54.8. The van der Waals surface area contributed by atoms with E-state index < -0.39 is 0 Å². The van der Waals surface area contributed by atoms with Crippen molar-refractivity contribution in [1.29, 1.82) is 0 Å². The van der Waals surface area contributed by atoms with E-state index in [2.05, 4.69) is 217 Å². The van der Waals surface area contributed by atoms with E-state index in [-0.39, 0.29) is 21.7 Å². The van der Waals surface area contributed by atoms with Gasteiger partial charge in [0.25, 0.3) is 0 Å². The van der Waals surface area contributed by atoms with Gasteiger partial charge in [-0.15, -0.1) is 0 Å². The lowest BCUT2D eigenvalue weighted by atomic mass is 9.68. The van der Waals surface area contributed by atoms with Gasteiger partial charge in [0, 0.05) is 31.2 Å². The lowest BCUT2D eigenvalue weighted by Gasteiger charge is -2.35. The molecule has 0 bridgehead atoms. The number of halogens is 2. The second-order valence-electron chi connectivity index (χ2n) is 33.9. The first-order valence-corrected chi connectivity index (χ1v) is 44.6. The second-order valence-corrected chi connectivity index (χ2v) is 35.3. The Kier molecular flexibility index (Phi) is 27.9. The number of hydrogen-bond donors (Lipinski definition) is 0. The van der Waals surface area contributed by atoms with Crippen LogP contribution in [0.3, 0.4) is 0 Å². The van der Waals surface area contributed by atoms with Crippen molar-refractivity contribution < 1.29 is 0 Å². The lowest BCUT2D eigenvalue weighted by Crippen LogP contribution is -2.27. The van der Waals surface area contributed by atoms with Crippen LogP contribution in [-0.4, -0.2) is 0 Å². The van der Waals surface area contributed by atoms with Crippen LogP contribution in [0.25, 0.3) is 77.9 Å². The van der Waals surface area contributed by atoms with E-state index in [0.29, 0.717) is 0 Å². The molecule has 0 heterocycles. The van der Waals surface area contributed by atoms with Crippen LogP contribution in [0.1, 0.15) is 370 Å². The van der Waals surface area contributed by atoms with Crippen molar-refractivity contribution in [2.45, 2.75) is 347 Å². The maximum Gasteiger partial charge on any atom is 0.0409 e. The summed E-state index contributed by atoms with van der Waals surface area (Å²) in [6, 6.07) is 59.9. The standard InChI is InChI=1S/C102H132BrCl/c1-9-15-21-27-33-39-61-100(62-40-34-28-22-16-10-2)93-70-80(52-57-85(93)86-59-53-81(103)71-95(86)100)79-51-56-84-83-55-49-77(67-91(83)99(7,8)92(84)68-79)75-45-47-76(48-46-75)78-50-58-87-89-73-98-90(74-97(89)101(94(87)69-78,63-41-35-29-23-17-11-3)64-42-36-30-24-18-12-4)88-60-54-82(104)72-96(88)102(98,65-43-37-31-25-19-13-5)66-44-38-32-26-20-14-6/h45-60,67-74H,9-44,61-66H2,1-8H3. The quantitative estimate of drug-likeness (QED) is 0.0334. The predicted octanol–water partition coefficient (Wildman–Crippen LogP) is 33.7. The summed E-state index contributed by atoms with van der Waals surface area (Å²) in [4.78, 5) is 0. The number of benzene rings is 8. The third kappa shape index (κ3) is 16.9. The molecule has 4 aliphatic carbocycles. The topological polar surface area (TPSA) is 0 Å². The monoisotopic (exact) mass is 1470 g/mol. The third-order valence-electron chi connectivity index (χ3n) is 26.4. The minimum Gasteiger partial charge on any atom is -0.0843 e. The van der Waals surface area contributed by atoms with Crippen molar-refractivity contribution in [3.63, 3.8) is 0 Å². The van der Waals surface area contributed by atoms with Crippen LogP contribution in [0.15, 0.2) is 150 Å². The molecule has 554 valence electrons. The highest BCUT2D eigenvalue weighted by Gasteiger charge is 2.49. The molecule has 0 fully saturated rings. The molecule has 0 radical (unpaired) electrons. The predicted molar refractivity (Wildman–Crippen MR) is 460 cm³/mol. The number of hydrogen-bond acceptors (Lipinski definition) is 0. The van der Waals surface area contributed by atoms with Gasteiger partial charge in [-0.05, 0) is 222 Å². The fraction of sp³-hybridized carbons (Fsp3) is 0.529. The van der Waals surface area contributed by atoms with E-state index in [1.54, 1.807) is 27.8 Å². The molecule has 0 aliphatic heterocycles. The summed E-state index contributed by atoms with van der Waals surface area (Å²) in [5.41, 5.74) is 31.8. The third-order valence-corrected chi connectivity index (χ3v) is 27.2. The van der Waals surface area contributed by atoms with E-state index in [9.17, 15) is 0 Å². The van der Waals surface area contributed by atoms with Crippen molar-refractivity contribution in [1.82, 2.24) is 0 Å². The highest BCUT2D eigenvalue weighted by atomic mass is 79.9. The van der Waals surface area contributed by atoms with Crippen molar-refractivity contribution in [3.05, 3.63) is 200 Å². The smallest absolute Gasteiger partial charge is 0.0409 e. The van der Waals surface area contributed by atoms with Crippen molar-refractivity contribution in [2.75, 3.05) is 0 Å². The maximum absolute atomic E-state index is 7.19. The fourth-order valence-electron chi connectivity index (χ4n) is 20.5. The maximum atomic E-state index is 7.19. The average Bonchev–Trinajstić information content (AvgIpc) is 1.52. The van der Waals surface area contributed by atoms with Crippen LogP contribution in [0, 0.1) is 0 Å². The first kappa shape index (κ1) is 78.1. The van der Waals surface area contributed by atoms with Crippen molar-refractivity contribution >= 4 is 27.5 Å². The lowest BCUT2D eigenvalue weighted by molar-refractivity contribution is 0.394. The van der Waals surface area contributed by atoms with Gasteiger partial charge in [-0.25, -0.2) is 0 Å². The Hall–Kier alpha value is -5.47. The molecule has 0 unspecified atom stereocenters. The molecule has 12 rings (SSSR count). The first-order valence-electron chi connectivity index (χ1n) is 43.4. The molecule has 0 saturated heterocycles. The van der Waals surface area contributed by atoms with Gasteiger partial charge < -0.3 is 0 Å². The van der Waals surface area contributed by atoms with Crippen LogP contribution in [0.5, 0.6) is 0 Å². The summed E-state index contributed by atoms with van der Waals surface area (Å²) in [6.45, 7) is 19.0. The molecule has 8 aromatic rings. The summed E-state index contributed by atoms with van der Waals surface area (Å²) >= 11 is 11.2. The van der Waals surface area contributed by atoms with Crippen LogP contribution in [-0.2, 0) is 21.7 Å². The Morgan fingerprint density at radius 2 is 0.442 bits per heavy atom. The summed E-state index contributed by atoms with van der Waals surface area (Å²) < 4.78 is 1.21. The van der Waals surface area contributed by atoms with Gasteiger partial charge >= 0.3 is 0 Å². The summed E-state index contributed by atoms with van der Waals surface area (Å²) in [5.74, 6) is 0. The van der Waals surface area contributed by atoms with E-state index in [1.165, 1.54) is 369 Å². The van der Waals surface area contributed by atoms with Crippen LogP contribution < -0.4 is 0 Å². The SMILES string of the molecule is CCCCCCCCC1(CCCCCCCC)c2cc(Br)ccc2-c2ccc(-c3ccc4c(c3)C(C)(C)c3cc(-c5ccc(-c6ccc7c(c6)C(CCCCCCCC)(CCCCCCCC)c6cc8c(cc6-7)C(CCCCCCCC)(CCCCCCCC)c6cc(Cl)ccc6-8)cc5)ccc3-4)cc21. The van der Waals surface area contributed by atoms with E-state index in [1.807, 2.05) is 0 Å². The Morgan fingerprint density at radius 1 is 0.221 bits per heavy atom. The van der Waals surface area contributed by atoms with E-state index in [4.69, 9.17) is 11.6 Å². The van der Waals surface area contributed by atoms with Gasteiger partial charge in [0.1, 0.15) is 0 Å². The molecule has 8 aromatic carbocycles. The zero-order valence-corrected chi connectivity index (χ0v) is 68.7. The van der Waals surface area contributed by atoms with Gasteiger partial charge in [0.05, 0.1) is 0 Å². The molecule has 0 spiro atoms. The molecule has 104 heavy (non-hydrogen) atoms. The molecule has 4 aliphatic rings. The number of fused-ring (bicyclic) bond motifs is 12. The zero-order chi connectivity index (χ0) is 72.5. The molecule has 0 aromatic heterocycles. The normalized spacial score (nSPS) is 14.8. The minimum absolute atomic E-state index is 0.0272. The first-order chi connectivity index (χ1) is 50.9. The van der Waals surface area contributed by atoms with Gasteiger partial charge in [-0.1, -0.05) is 399 Å². The number of rotatable bonds is 45. The van der Waals surface area contributed by atoms with Crippen LogP contribution >= 0.6 is 27.5 Å².